The van der Waals surface area contributed by atoms with Gasteiger partial charge in [0.05, 0.1) is 18.7 Å². The summed E-state index contributed by atoms with van der Waals surface area (Å²) in [6.45, 7) is 3.53. The molecule has 1 aromatic heterocycles. The van der Waals surface area contributed by atoms with E-state index < -0.39 is 0 Å². The average Bonchev–Trinajstić information content (AvgIpc) is 2.97. The van der Waals surface area contributed by atoms with Crippen molar-refractivity contribution in [3.05, 3.63) is 67.5 Å². The molecule has 0 bridgehead atoms. The van der Waals surface area contributed by atoms with Crippen molar-refractivity contribution in [1.82, 2.24) is 9.47 Å². The van der Waals surface area contributed by atoms with Crippen molar-refractivity contribution in [2.75, 3.05) is 13.2 Å². The topological polar surface area (TPSA) is 34.5 Å². The average molecular weight is 500 g/mol. The fraction of sp³-hybridized carbons (Fsp3) is 0.286. The lowest BCUT2D eigenvalue weighted by Crippen LogP contribution is -2.36. The van der Waals surface area contributed by atoms with Gasteiger partial charge >= 0.3 is 6.09 Å². The normalized spacial score (nSPS) is 13.6. The molecule has 0 unspecified atom stereocenters. The third-order valence-electron chi connectivity index (χ3n) is 5.13. The number of carbonyl (C=O) groups is 1. The van der Waals surface area contributed by atoms with Crippen molar-refractivity contribution < 1.29 is 13.9 Å². The fourth-order valence-electron chi connectivity index (χ4n) is 3.86. The summed E-state index contributed by atoms with van der Waals surface area (Å²) < 4.78 is 22.2. The van der Waals surface area contributed by atoms with Gasteiger partial charge in [-0.25, -0.2) is 9.18 Å². The zero-order valence-electron chi connectivity index (χ0n) is 15.6. The van der Waals surface area contributed by atoms with Crippen molar-refractivity contribution in [2.45, 2.75) is 26.4 Å². The smallest absolute Gasteiger partial charge is 0.410 e. The van der Waals surface area contributed by atoms with Gasteiger partial charge in [-0.15, -0.1) is 0 Å². The van der Waals surface area contributed by atoms with Gasteiger partial charge in [-0.3, -0.25) is 0 Å². The monoisotopic (exact) mass is 498 g/mol. The maximum absolute atomic E-state index is 14.2. The number of ether oxygens (including phenoxy) is 1. The zero-order chi connectivity index (χ0) is 20.7. The van der Waals surface area contributed by atoms with Crippen LogP contribution < -0.4 is 0 Å². The van der Waals surface area contributed by atoms with Crippen LogP contribution in [-0.4, -0.2) is 28.7 Å². The molecule has 152 valence electrons. The Kier molecular flexibility index (Phi) is 5.78. The Balaban J connectivity index is 1.84. The number of hydrogen-bond donors (Lipinski definition) is 0. The Hall–Kier alpha value is -1.76. The van der Waals surface area contributed by atoms with Crippen LogP contribution in [0.15, 0.2) is 34.8 Å². The second-order valence-electron chi connectivity index (χ2n) is 6.90. The second-order valence-corrected chi connectivity index (χ2v) is 8.60. The SMILES string of the molecule is CCOC(=O)N1CCc2c(c3cc(F)cc(Br)c3n2Cc2ccc(Cl)cc2Cl)C1. The lowest BCUT2D eigenvalue weighted by atomic mass is 10.0. The van der Waals surface area contributed by atoms with Crippen LogP contribution in [-0.2, 0) is 24.2 Å². The number of nitrogens with zero attached hydrogens (tertiary/aromatic N) is 2. The van der Waals surface area contributed by atoms with Gasteiger partial charge in [-0.1, -0.05) is 29.3 Å². The van der Waals surface area contributed by atoms with Gasteiger partial charge in [0.15, 0.2) is 0 Å². The van der Waals surface area contributed by atoms with E-state index in [1.54, 1.807) is 24.0 Å². The summed E-state index contributed by atoms with van der Waals surface area (Å²) in [5.74, 6) is -0.331. The summed E-state index contributed by atoms with van der Waals surface area (Å²) in [7, 11) is 0. The largest absolute Gasteiger partial charge is 0.450 e. The zero-order valence-corrected chi connectivity index (χ0v) is 18.7. The molecule has 0 atom stereocenters. The van der Waals surface area contributed by atoms with E-state index in [1.165, 1.54) is 12.1 Å². The Morgan fingerprint density at radius 2 is 2.07 bits per heavy atom. The molecular weight excluding hydrogens is 482 g/mol. The molecule has 29 heavy (non-hydrogen) atoms. The van der Waals surface area contributed by atoms with Crippen molar-refractivity contribution in [2.24, 2.45) is 0 Å². The van der Waals surface area contributed by atoms with Crippen LogP contribution in [0.1, 0.15) is 23.7 Å². The minimum absolute atomic E-state index is 0.319. The molecule has 0 radical (unpaired) electrons. The highest BCUT2D eigenvalue weighted by Crippen LogP contribution is 2.37. The summed E-state index contributed by atoms with van der Waals surface area (Å²) in [6, 6.07) is 8.39. The molecule has 2 heterocycles. The van der Waals surface area contributed by atoms with E-state index in [0.29, 0.717) is 47.2 Å². The van der Waals surface area contributed by atoms with Crippen LogP contribution in [0.3, 0.4) is 0 Å². The number of benzene rings is 2. The molecule has 1 aliphatic rings. The predicted molar refractivity (Wildman–Crippen MR) is 116 cm³/mol. The molecule has 4 nitrogen and oxygen atoms in total. The quantitative estimate of drug-likeness (QED) is 0.417. The van der Waals surface area contributed by atoms with E-state index in [4.69, 9.17) is 27.9 Å². The number of aromatic nitrogens is 1. The molecule has 0 saturated carbocycles. The molecule has 0 N–H and O–H groups in total. The van der Waals surface area contributed by atoms with Gasteiger partial charge in [0.1, 0.15) is 5.82 Å². The highest BCUT2D eigenvalue weighted by molar-refractivity contribution is 9.10. The standard InChI is InChI=1S/C21H18BrCl2FN2O2/c1-2-29-21(28)26-6-5-19-16(11-26)15-8-14(25)9-17(22)20(15)27(19)10-12-3-4-13(23)7-18(12)24/h3-4,7-9H,2,5-6,10-11H2,1H3. The lowest BCUT2D eigenvalue weighted by molar-refractivity contribution is 0.102. The van der Waals surface area contributed by atoms with Crippen molar-refractivity contribution >= 4 is 56.1 Å². The van der Waals surface area contributed by atoms with Gasteiger partial charge in [-0.05, 0) is 52.7 Å². The number of hydrogen-bond acceptors (Lipinski definition) is 2. The maximum Gasteiger partial charge on any atom is 0.410 e. The first kappa shape index (κ1) is 20.5. The molecule has 0 fully saturated rings. The summed E-state index contributed by atoms with van der Waals surface area (Å²) >= 11 is 16.0. The first-order valence-corrected chi connectivity index (χ1v) is 10.8. The van der Waals surface area contributed by atoms with E-state index in [9.17, 15) is 9.18 Å². The van der Waals surface area contributed by atoms with Crippen LogP contribution >= 0.6 is 39.1 Å². The van der Waals surface area contributed by atoms with Gasteiger partial charge in [0.2, 0.25) is 0 Å². The molecule has 3 aromatic rings. The first-order valence-electron chi connectivity index (χ1n) is 9.23. The van der Waals surface area contributed by atoms with Crippen molar-refractivity contribution in [1.29, 1.82) is 0 Å². The van der Waals surface area contributed by atoms with E-state index in [-0.39, 0.29) is 11.9 Å². The maximum atomic E-state index is 14.2. The molecule has 1 amide bonds. The van der Waals surface area contributed by atoms with Crippen LogP contribution in [0.25, 0.3) is 10.9 Å². The molecule has 0 saturated heterocycles. The van der Waals surface area contributed by atoms with Gasteiger partial charge in [0, 0.05) is 50.7 Å². The molecular formula is C21H18BrCl2FN2O2. The summed E-state index contributed by atoms with van der Waals surface area (Å²) in [4.78, 5) is 13.9. The fourth-order valence-corrected chi connectivity index (χ4v) is 4.98. The van der Waals surface area contributed by atoms with E-state index in [0.717, 1.165) is 27.7 Å². The highest BCUT2D eigenvalue weighted by atomic mass is 79.9. The number of fused-ring (bicyclic) bond motifs is 3. The minimum Gasteiger partial charge on any atom is -0.450 e. The Labute approximate surface area is 186 Å². The van der Waals surface area contributed by atoms with Gasteiger partial charge in [0.25, 0.3) is 0 Å². The van der Waals surface area contributed by atoms with Gasteiger partial charge < -0.3 is 14.2 Å². The molecule has 0 aliphatic carbocycles. The van der Waals surface area contributed by atoms with Crippen LogP contribution in [0, 0.1) is 5.82 Å². The summed E-state index contributed by atoms with van der Waals surface area (Å²) in [6.07, 6.45) is 0.289. The third kappa shape index (κ3) is 3.86. The van der Waals surface area contributed by atoms with E-state index >= 15 is 0 Å². The van der Waals surface area contributed by atoms with Crippen LogP contribution in [0.4, 0.5) is 9.18 Å². The van der Waals surface area contributed by atoms with E-state index in [1.807, 2.05) is 6.07 Å². The molecule has 0 spiro atoms. The third-order valence-corrected chi connectivity index (χ3v) is 6.33. The number of amides is 1. The summed E-state index contributed by atoms with van der Waals surface area (Å²) in [5.41, 5.74) is 3.80. The minimum atomic E-state index is -0.352. The first-order chi connectivity index (χ1) is 13.9. The van der Waals surface area contributed by atoms with Crippen molar-refractivity contribution in [3.63, 3.8) is 0 Å². The van der Waals surface area contributed by atoms with Gasteiger partial charge in [-0.2, -0.15) is 0 Å². The lowest BCUT2D eigenvalue weighted by Gasteiger charge is -2.27. The Morgan fingerprint density at radius 3 is 2.79 bits per heavy atom. The predicted octanol–water partition coefficient (Wildman–Crippen LogP) is 6.41. The number of rotatable bonds is 3. The number of carbonyl (C=O) groups excluding carboxylic acids is 1. The molecule has 1 aliphatic heterocycles. The highest BCUT2D eigenvalue weighted by Gasteiger charge is 2.28. The Morgan fingerprint density at radius 1 is 1.28 bits per heavy atom. The second kappa shape index (κ2) is 8.17. The summed E-state index contributed by atoms with van der Waals surface area (Å²) in [5, 5.41) is 1.94. The number of halogens is 4. The molecule has 4 rings (SSSR count). The van der Waals surface area contributed by atoms with Crippen LogP contribution in [0.2, 0.25) is 10.0 Å². The van der Waals surface area contributed by atoms with Crippen molar-refractivity contribution in [3.8, 4) is 0 Å². The van der Waals surface area contributed by atoms with Crippen LogP contribution in [0.5, 0.6) is 0 Å². The Bertz CT molecular complexity index is 1120. The van der Waals surface area contributed by atoms with E-state index in [2.05, 4.69) is 20.5 Å². The molecule has 8 heteroatoms. The molecule has 2 aromatic carbocycles.